The van der Waals surface area contributed by atoms with Crippen molar-refractivity contribution in [2.45, 2.75) is 49.1 Å². The number of alkyl halides is 5. The number of benzene rings is 2. The van der Waals surface area contributed by atoms with Crippen LogP contribution in [0.15, 0.2) is 42.6 Å². The summed E-state index contributed by atoms with van der Waals surface area (Å²) in [6.07, 6.45) is -3.12. The predicted molar refractivity (Wildman–Crippen MR) is 153 cm³/mol. The SMILES string of the molecule is [B]C([B])([B])N1C(=O)c2cccc(OC(F)F)c2[C@H]2C[C@@H]1c1nc3ccc(-c4cnc(N5CC(O)(C(F)(F)F)C5)nc4C)cc3n12. The van der Waals surface area contributed by atoms with Crippen LogP contribution >= 0.6 is 0 Å². The Labute approximate surface area is 256 Å². The van der Waals surface area contributed by atoms with E-state index in [2.05, 4.69) is 9.97 Å². The van der Waals surface area contributed by atoms with Crippen LogP contribution in [0, 0.1) is 6.92 Å². The number of nitrogens with zero attached hydrogens (tertiary/aromatic N) is 6. The Bertz CT molecular complexity index is 1880. The number of carbonyl (C=O) groups is 1. The number of fused-ring (bicyclic) bond motifs is 9. The van der Waals surface area contributed by atoms with Gasteiger partial charge < -0.3 is 24.2 Å². The standard InChI is InChI=1S/C28H20B3F5N6O3/c1-12-15(9-37-25(38-12)40-10-26(44,11-40)27(34,35)36)13-5-6-16-17(7-13)41-18-8-19(22(41)39-16)42(28(29,30)31)23(43)14-3-2-4-20(21(14)18)45-24(32)33/h2-7,9,18-19,24,44H,8,10-11H2,1H3/t18-,19-/m1/s1. The number of aryl methyl sites for hydroxylation is 1. The Hall–Kier alpha value is -4.14. The zero-order valence-electron chi connectivity index (χ0n) is 23.5. The van der Waals surface area contributed by atoms with E-state index in [1.165, 1.54) is 29.3 Å². The summed E-state index contributed by atoms with van der Waals surface area (Å²) in [5.74, 6) is -0.412. The van der Waals surface area contributed by atoms with Crippen molar-refractivity contribution in [2.24, 2.45) is 0 Å². The molecule has 6 radical (unpaired) electrons. The molecule has 3 aliphatic rings. The van der Waals surface area contributed by atoms with Crippen molar-refractivity contribution >= 4 is 46.4 Å². The average molecular weight is 616 g/mol. The Kier molecular flexibility index (Phi) is 6.36. The number of imidazole rings is 1. The van der Waals surface area contributed by atoms with Crippen LogP contribution in [0.25, 0.3) is 22.2 Å². The normalized spacial score (nSPS) is 20.7. The molecule has 2 atom stereocenters. The number of β-amino-alcohol motifs (C(OH)–C–C–N with tert-alkyl or cyclic N) is 1. The van der Waals surface area contributed by atoms with Crippen molar-refractivity contribution in [3.63, 3.8) is 0 Å². The molecule has 5 heterocycles. The van der Waals surface area contributed by atoms with E-state index in [4.69, 9.17) is 33.3 Å². The molecule has 1 amide bonds. The first-order valence-electron chi connectivity index (χ1n) is 13.8. The quantitative estimate of drug-likeness (QED) is 0.272. The van der Waals surface area contributed by atoms with E-state index < -0.39 is 54.7 Å². The minimum Gasteiger partial charge on any atom is -0.434 e. The van der Waals surface area contributed by atoms with Gasteiger partial charge >= 0.3 is 12.8 Å². The molecule has 45 heavy (non-hydrogen) atoms. The lowest BCUT2D eigenvalue weighted by Crippen LogP contribution is -2.69. The first kappa shape index (κ1) is 29.6. The first-order valence-corrected chi connectivity index (χ1v) is 13.8. The van der Waals surface area contributed by atoms with Crippen LogP contribution in [0.5, 0.6) is 5.75 Å². The summed E-state index contributed by atoms with van der Waals surface area (Å²) in [5, 5.41) is 7.68. The van der Waals surface area contributed by atoms with Crippen LogP contribution in [0.3, 0.4) is 0 Å². The molecular weight excluding hydrogens is 596 g/mol. The third-order valence-corrected chi connectivity index (χ3v) is 8.56. The highest BCUT2D eigenvalue weighted by Gasteiger charge is 2.61. The molecule has 1 fully saturated rings. The van der Waals surface area contributed by atoms with Crippen molar-refractivity contribution in [1.29, 1.82) is 0 Å². The second-order valence-electron chi connectivity index (χ2n) is 11.5. The molecule has 2 aromatic heterocycles. The van der Waals surface area contributed by atoms with Crippen molar-refractivity contribution < 1.29 is 36.6 Å². The zero-order chi connectivity index (χ0) is 32.2. The van der Waals surface area contributed by atoms with Gasteiger partial charge in [-0.3, -0.25) is 4.79 Å². The van der Waals surface area contributed by atoms with Crippen molar-refractivity contribution in [3.8, 4) is 16.9 Å². The fourth-order valence-electron chi connectivity index (χ4n) is 6.52. The molecule has 2 aromatic carbocycles. The maximum Gasteiger partial charge on any atom is 0.420 e. The lowest BCUT2D eigenvalue weighted by Gasteiger charge is -2.46. The van der Waals surface area contributed by atoms with Crippen LogP contribution in [-0.2, 0) is 0 Å². The van der Waals surface area contributed by atoms with Crippen molar-refractivity contribution in [2.75, 3.05) is 18.0 Å². The Balaban J connectivity index is 1.32. The number of halogens is 5. The van der Waals surface area contributed by atoms with Crippen molar-refractivity contribution in [3.05, 3.63) is 65.2 Å². The van der Waals surface area contributed by atoms with Crippen LogP contribution in [-0.4, -0.2) is 95.7 Å². The Morgan fingerprint density at radius 2 is 1.80 bits per heavy atom. The maximum atomic E-state index is 13.7. The average Bonchev–Trinajstić information content (AvgIpc) is 3.42. The molecule has 0 spiro atoms. The maximum absolute atomic E-state index is 13.7. The molecule has 2 bridgehead atoms. The lowest BCUT2D eigenvalue weighted by molar-refractivity contribution is -0.267. The van der Waals surface area contributed by atoms with Gasteiger partial charge in [-0.05, 0) is 36.8 Å². The number of rotatable bonds is 5. The summed E-state index contributed by atoms with van der Waals surface area (Å²) in [7, 11) is 18.2. The van der Waals surface area contributed by atoms with Gasteiger partial charge in [-0.1, -0.05) is 17.4 Å². The molecule has 1 saturated heterocycles. The summed E-state index contributed by atoms with van der Waals surface area (Å²) in [4.78, 5) is 29.4. The Morgan fingerprint density at radius 1 is 1.07 bits per heavy atom. The molecule has 0 saturated carbocycles. The number of ether oxygens (including phenoxy) is 1. The second-order valence-corrected chi connectivity index (χ2v) is 11.5. The minimum atomic E-state index is -4.77. The Morgan fingerprint density at radius 3 is 2.44 bits per heavy atom. The number of hydrogen-bond acceptors (Lipinski definition) is 7. The highest BCUT2D eigenvalue weighted by atomic mass is 19.4. The van der Waals surface area contributed by atoms with E-state index in [-0.39, 0.29) is 29.2 Å². The summed E-state index contributed by atoms with van der Waals surface area (Å²) in [6, 6.07) is 8.02. The van der Waals surface area contributed by atoms with Gasteiger partial charge in [0.2, 0.25) is 5.95 Å². The van der Waals surface area contributed by atoms with Gasteiger partial charge in [-0.2, -0.15) is 22.0 Å². The van der Waals surface area contributed by atoms with Gasteiger partial charge in [0.15, 0.2) is 5.60 Å². The molecule has 7 rings (SSSR count). The minimum absolute atomic E-state index is 0.0447. The molecule has 0 unspecified atom stereocenters. The smallest absolute Gasteiger partial charge is 0.420 e. The van der Waals surface area contributed by atoms with Gasteiger partial charge in [-0.25, -0.2) is 15.0 Å². The topological polar surface area (TPSA) is 96.6 Å². The van der Waals surface area contributed by atoms with E-state index in [1.54, 1.807) is 25.1 Å². The molecule has 9 nitrogen and oxygen atoms in total. The summed E-state index contributed by atoms with van der Waals surface area (Å²) < 4.78 is 72.9. The van der Waals surface area contributed by atoms with E-state index in [0.29, 0.717) is 33.7 Å². The van der Waals surface area contributed by atoms with E-state index in [9.17, 15) is 31.9 Å². The van der Waals surface area contributed by atoms with Crippen LogP contribution in [0.4, 0.5) is 27.9 Å². The third-order valence-electron chi connectivity index (χ3n) is 8.56. The number of hydrogen-bond donors (Lipinski definition) is 1. The van der Waals surface area contributed by atoms with E-state index in [1.807, 2.05) is 4.57 Å². The summed E-state index contributed by atoms with van der Waals surface area (Å²) in [5.41, 5.74) is 0.227. The number of carbonyl (C=O) groups excluding carboxylic acids is 1. The fourth-order valence-corrected chi connectivity index (χ4v) is 6.52. The lowest BCUT2D eigenvalue weighted by atomic mass is 9.48. The van der Waals surface area contributed by atoms with Crippen LogP contribution < -0.4 is 9.64 Å². The molecule has 3 aliphatic heterocycles. The van der Waals surface area contributed by atoms with E-state index in [0.717, 1.165) is 4.90 Å². The largest absolute Gasteiger partial charge is 0.434 e. The predicted octanol–water partition coefficient (Wildman–Crippen LogP) is 3.12. The van der Waals surface area contributed by atoms with Gasteiger partial charge in [-0.15, -0.1) is 0 Å². The monoisotopic (exact) mass is 616 g/mol. The van der Waals surface area contributed by atoms with Crippen LogP contribution in [0.1, 0.15) is 45.9 Å². The van der Waals surface area contributed by atoms with E-state index >= 15 is 0 Å². The van der Waals surface area contributed by atoms with Crippen LogP contribution in [0.2, 0.25) is 0 Å². The third kappa shape index (κ3) is 4.49. The van der Waals surface area contributed by atoms with Gasteiger partial charge in [0.1, 0.15) is 11.6 Å². The summed E-state index contributed by atoms with van der Waals surface area (Å²) >= 11 is 0. The molecule has 17 heteroatoms. The number of aliphatic hydroxyl groups is 1. The first-order chi connectivity index (χ1) is 21.1. The van der Waals surface area contributed by atoms with Gasteiger partial charge in [0.25, 0.3) is 5.91 Å². The highest BCUT2D eigenvalue weighted by Crippen LogP contribution is 2.51. The summed E-state index contributed by atoms with van der Waals surface area (Å²) in [6.45, 7) is -2.84. The molecule has 224 valence electrons. The van der Waals surface area contributed by atoms with Crippen molar-refractivity contribution in [1.82, 2.24) is 24.4 Å². The number of aromatic nitrogens is 4. The molecule has 4 aromatic rings. The van der Waals surface area contributed by atoms with Gasteiger partial charge in [0.05, 0.1) is 65.4 Å². The van der Waals surface area contributed by atoms with Gasteiger partial charge in [0, 0.05) is 29.3 Å². The highest BCUT2D eigenvalue weighted by molar-refractivity contribution is 6.60. The zero-order valence-corrected chi connectivity index (χ0v) is 23.5. The second kappa shape index (κ2) is 9.68. The number of amides is 1. The number of anilines is 1. The molecule has 0 aliphatic carbocycles. The fraction of sp³-hybridized carbons (Fsp3) is 0.357. The molecule has 1 N–H and O–H groups in total. The molecular formula is C28H20B3F5N6O3.